The number of nitrogens with one attached hydrogen (secondary N) is 4. The molecule has 4 N–H and O–H groups in total. The van der Waals surface area contributed by atoms with Crippen molar-refractivity contribution in [2.75, 3.05) is 157 Å². The van der Waals surface area contributed by atoms with E-state index in [0.29, 0.717) is 0 Å². The Morgan fingerprint density at radius 1 is 0.271 bits per heavy atom. The zero-order valence-electron chi connectivity index (χ0n) is 31.6. The molecule has 48 heavy (non-hydrogen) atoms. The molecule has 0 aromatic rings. The number of unbranched alkanes of at least 4 members (excludes halogenated alkanes) is 10. The van der Waals surface area contributed by atoms with Gasteiger partial charge in [-0.1, -0.05) is 38.5 Å². The van der Waals surface area contributed by atoms with Crippen LogP contribution < -0.4 is 21.3 Å². The average molecular weight is 677 g/mol. The van der Waals surface area contributed by atoms with E-state index in [1.54, 1.807) is 0 Å². The van der Waals surface area contributed by atoms with Crippen molar-refractivity contribution in [3.63, 3.8) is 0 Å². The van der Waals surface area contributed by atoms with Gasteiger partial charge in [-0.05, 0) is 77.5 Å². The summed E-state index contributed by atoms with van der Waals surface area (Å²) in [5.41, 5.74) is 0. The Morgan fingerprint density at radius 3 is 0.729 bits per heavy atom. The van der Waals surface area contributed by atoms with E-state index in [0.717, 1.165) is 0 Å². The quantitative estimate of drug-likeness (QED) is 0.0772. The summed E-state index contributed by atoms with van der Waals surface area (Å²) in [4.78, 5) is 10.7. The maximum Gasteiger partial charge on any atom is 0.0133 e. The van der Waals surface area contributed by atoms with Gasteiger partial charge in [0.1, 0.15) is 0 Å². The molecule has 4 saturated heterocycles. The minimum Gasteiger partial charge on any atom is -0.314 e. The molecule has 0 amide bonds. The molecule has 0 saturated carbocycles. The SMILES string of the molecule is C(CCCN(CCCCCCN1CCNCC1)N(CCCCCN1CCNCC1)CCCCCN1CCNCC1)CCN1CCNCC1. The Morgan fingerprint density at radius 2 is 0.479 bits per heavy atom. The number of hydrogen-bond acceptors (Lipinski definition) is 10. The summed E-state index contributed by atoms with van der Waals surface area (Å²) < 4.78 is 0. The third-order valence-electron chi connectivity index (χ3n) is 11.3. The first-order valence-corrected chi connectivity index (χ1v) is 21.1. The Bertz CT molecular complexity index is 662. The molecule has 4 heterocycles. The molecule has 0 atom stereocenters. The fourth-order valence-electron chi connectivity index (χ4n) is 8.11. The molecular weight excluding hydrogens is 596 g/mol. The van der Waals surface area contributed by atoms with Crippen molar-refractivity contribution in [2.24, 2.45) is 0 Å². The van der Waals surface area contributed by atoms with E-state index in [4.69, 9.17) is 0 Å². The van der Waals surface area contributed by atoms with Gasteiger partial charge in [-0.25, -0.2) is 10.0 Å². The average Bonchev–Trinajstić information content (AvgIpc) is 3.14. The van der Waals surface area contributed by atoms with E-state index >= 15 is 0 Å². The highest BCUT2D eigenvalue weighted by Crippen LogP contribution is 2.14. The highest BCUT2D eigenvalue weighted by Gasteiger charge is 2.17. The number of hydrazine groups is 1. The van der Waals surface area contributed by atoms with Gasteiger partial charge in [0.2, 0.25) is 0 Å². The summed E-state index contributed by atoms with van der Waals surface area (Å²) in [7, 11) is 0. The molecule has 0 radical (unpaired) electrons. The first-order chi connectivity index (χ1) is 23.9. The second-order valence-corrected chi connectivity index (χ2v) is 15.2. The smallest absolute Gasteiger partial charge is 0.0133 e. The van der Waals surface area contributed by atoms with E-state index in [9.17, 15) is 0 Å². The Balaban J connectivity index is 1.20. The molecule has 4 rings (SSSR count). The van der Waals surface area contributed by atoms with Crippen molar-refractivity contribution < 1.29 is 0 Å². The fraction of sp³-hybridized carbons (Fsp3) is 1.00. The summed E-state index contributed by atoms with van der Waals surface area (Å²) in [6.07, 6.45) is 19.2. The van der Waals surface area contributed by atoms with Gasteiger partial charge in [-0.15, -0.1) is 0 Å². The van der Waals surface area contributed by atoms with Crippen LogP contribution >= 0.6 is 0 Å². The van der Waals surface area contributed by atoms with Crippen molar-refractivity contribution in [3.05, 3.63) is 0 Å². The fourth-order valence-corrected chi connectivity index (χ4v) is 8.11. The molecule has 4 aliphatic heterocycles. The van der Waals surface area contributed by atoms with Crippen molar-refractivity contribution in [2.45, 2.75) is 89.9 Å². The van der Waals surface area contributed by atoms with Crippen LogP contribution in [0.2, 0.25) is 0 Å². The van der Waals surface area contributed by atoms with E-state index in [2.05, 4.69) is 50.9 Å². The summed E-state index contributed by atoms with van der Waals surface area (Å²) in [6, 6.07) is 0. The lowest BCUT2D eigenvalue weighted by molar-refractivity contribution is -0.0310. The second-order valence-electron chi connectivity index (χ2n) is 15.2. The molecular formula is C38H80N10. The van der Waals surface area contributed by atoms with Crippen LogP contribution in [0.5, 0.6) is 0 Å². The van der Waals surface area contributed by atoms with E-state index < -0.39 is 0 Å². The van der Waals surface area contributed by atoms with Gasteiger partial charge < -0.3 is 40.9 Å². The summed E-state index contributed by atoms with van der Waals surface area (Å²) in [6.45, 7) is 29.5. The normalized spacial score (nSPS) is 21.1. The lowest BCUT2D eigenvalue weighted by atomic mass is 10.1. The molecule has 0 aliphatic carbocycles. The third kappa shape index (κ3) is 18.7. The molecule has 0 aromatic carbocycles. The highest BCUT2D eigenvalue weighted by atomic mass is 15.6. The number of nitrogens with zero attached hydrogens (tertiary/aromatic N) is 6. The van der Waals surface area contributed by atoms with Crippen LogP contribution in [0.15, 0.2) is 0 Å². The van der Waals surface area contributed by atoms with Gasteiger partial charge in [-0.3, -0.25) is 0 Å². The Hall–Kier alpha value is -0.400. The summed E-state index contributed by atoms with van der Waals surface area (Å²) >= 11 is 0. The zero-order valence-corrected chi connectivity index (χ0v) is 31.6. The van der Waals surface area contributed by atoms with Gasteiger partial charge in [-0.2, -0.15) is 0 Å². The van der Waals surface area contributed by atoms with Crippen LogP contribution in [0.1, 0.15) is 89.9 Å². The predicted octanol–water partition coefficient (Wildman–Crippen LogP) is 2.59. The van der Waals surface area contributed by atoms with Crippen LogP contribution in [0.25, 0.3) is 0 Å². The van der Waals surface area contributed by atoms with Crippen LogP contribution in [0.4, 0.5) is 0 Å². The summed E-state index contributed by atoms with van der Waals surface area (Å²) in [5, 5.41) is 19.7. The van der Waals surface area contributed by atoms with Crippen molar-refractivity contribution in [3.8, 4) is 0 Å². The minimum absolute atomic E-state index is 1.17. The van der Waals surface area contributed by atoms with Gasteiger partial charge in [0.25, 0.3) is 0 Å². The molecule has 0 aromatic heterocycles. The number of rotatable bonds is 27. The van der Waals surface area contributed by atoms with Crippen molar-refractivity contribution in [1.29, 1.82) is 0 Å². The Kier molecular flexibility index (Phi) is 22.9. The van der Waals surface area contributed by atoms with Gasteiger partial charge in [0, 0.05) is 131 Å². The maximum atomic E-state index is 3.51. The zero-order chi connectivity index (χ0) is 33.2. The standard InChI is InChI=1S/C38H80N10/c1(7-23-43-31-15-39-16-32-43)3-11-27-47(28-12-4-2-8-24-44-33-17-40-18-34-44)48(29-13-5-9-25-45-35-19-41-20-36-45)30-14-6-10-26-46-37-21-42-22-38-46/h39-42H,1-38H2. The van der Waals surface area contributed by atoms with Crippen LogP contribution in [-0.2, 0) is 0 Å². The molecule has 4 fully saturated rings. The topological polar surface area (TPSA) is 67.6 Å². The van der Waals surface area contributed by atoms with Gasteiger partial charge >= 0.3 is 0 Å². The highest BCUT2D eigenvalue weighted by molar-refractivity contribution is 4.71. The van der Waals surface area contributed by atoms with Crippen LogP contribution in [-0.4, -0.2) is 187 Å². The lowest BCUT2D eigenvalue weighted by Gasteiger charge is -2.36. The molecule has 0 spiro atoms. The Labute approximate surface area is 297 Å². The van der Waals surface area contributed by atoms with E-state index in [-0.39, 0.29) is 0 Å². The third-order valence-corrected chi connectivity index (χ3v) is 11.3. The monoisotopic (exact) mass is 677 g/mol. The molecule has 0 unspecified atom stereocenters. The second kappa shape index (κ2) is 27.3. The van der Waals surface area contributed by atoms with Gasteiger partial charge in [0.15, 0.2) is 0 Å². The number of hydrogen-bond donors (Lipinski definition) is 4. The molecule has 0 bridgehead atoms. The minimum atomic E-state index is 1.17. The molecule has 10 heteroatoms. The molecule has 4 aliphatic rings. The summed E-state index contributed by atoms with van der Waals surface area (Å²) in [5.74, 6) is 0. The first kappa shape index (κ1) is 40.4. The van der Waals surface area contributed by atoms with Gasteiger partial charge in [0.05, 0.1) is 0 Å². The maximum absolute atomic E-state index is 3.51. The lowest BCUT2D eigenvalue weighted by Crippen LogP contribution is -2.45. The van der Waals surface area contributed by atoms with Crippen LogP contribution in [0.3, 0.4) is 0 Å². The first-order valence-electron chi connectivity index (χ1n) is 21.1. The van der Waals surface area contributed by atoms with Crippen molar-refractivity contribution in [1.82, 2.24) is 50.9 Å². The van der Waals surface area contributed by atoms with Crippen molar-refractivity contribution >= 4 is 0 Å². The largest absolute Gasteiger partial charge is 0.314 e. The predicted molar refractivity (Wildman–Crippen MR) is 205 cm³/mol. The van der Waals surface area contributed by atoms with Crippen LogP contribution in [0, 0.1) is 0 Å². The number of piperazine rings is 4. The van der Waals surface area contributed by atoms with E-state index in [1.165, 1.54) is 247 Å². The molecule has 282 valence electrons. The molecule has 10 nitrogen and oxygen atoms in total. The van der Waals surface area contributed by atoms with E-state index in [1.807, 2.05) is 0 Å².